The summed E-state index contributed by atoms with van der Waals surface area (Å²) in [6.45, 7) is 8.99. The molecule has 1 aromatic carbocycles. The Kier molecular flexibility index (Phi) is 3.40. The molecule has 0 atom stereocenters. The molecule has 1 saturated heterocycles. The lowest BCUT2D eigenvalue weighted by atomic mass is 9.93. The van der Waals surface area contributed by atoms with E-state index in [2.05, 4.69) is 42.3 Å². The van der Waals surface area contributed by atoms with Gasteiger partial charge in [0, 0.05) is 31.4 Å². The number of hydrogen-bond donors (Lipinski definition) is 1. The van der Waals surface area contributed by atoms with E-state index >= 15 is 0 Å². The van der Waals surface area contributed by atoms with Crippen LogP contribution in [-0.2, 0) is 6.42 Å². The number of hydrogen-bond acceptors (Lipinski definition) is 3. The fourth-order valence-electron chi connectivity index (χ4n) is 3.06. The quantitative estimate of drug-likeness (QED) is 0.904. The molecule has 2 aliphatic heterocycles. The van der Waals surface area contributed by atoms with Gasteiger partial charge >= 0.3 is 0 Å². The number of fused-ring (bicyclic) bond motifs is 1. The van der Waals surface area contributed by atoms with Crippen molar-refractivity contribution in [3.63, 3.8) is 0 Å². The van der Waals surface area contributed by atoms with Gasteiger partial charge < -0.3 is 15.0 Å². The van der Waals surface area contributed by atoms with Crippen LogP contribution in [0, 0.1) is 0 Å². The number of rotatable bonds is 3. The predicted octanol–water partition coefficient (Wildman–Crippen LogP) is 2.91. The summed E-state index contributed by atoms with van der Waals surface area (Å²) in [5, 5.41) is 3.42. The summed E-state index contributed by atoms with van der Waals surface area (Å²) in [4.78, 5) is 2.50. The van der Waals surface area contributed by atoms with E-state index in [1.807, 2.05) is 0 Å². The maximum Gasteiger partial charge on any atom is 0.122 e. The average Bonchev–Trinajstić information content (AvgIpc) is 2.87. The van der Waals surface area contributed by atoms with Gasteiger partial charge in [-0.05, 0) is 44.4 Å². The second-order valence-corrected chi connectivity index (χ2v) is 5.98. The Morgan fingerprint density at radius 3 is 2.84 bits per heavy atom. The molecule has 2 heterocycles. The number of benzene rings is 1. The smallest absolute Gasteiger partial charge is 0.122 e. The highest BCUT2D eigenvalue weighted by atomic mass is 16.5. The van der Waals surface area contributed by atoms with Crippen LogP contribution in [0.2, 0.25) is 0 Å². The van der Waals surface area contributed by atoms with E-state index in [-0.39, 0.29) is 5.60 Å². The van der Waals surface area contributed by atoms with Crippen molar-refractivity contribution in [3.8, 4) is 5.75 Å². The number of piperidine rings is 1. The van der Waals surface area contributed by atoms with Crippen molar-refractivity contribution < 1.29 is 4.74 Å². The Hall–Kier alpha value is -1.22. The number of nitrogens with one attached hydrogen (secondary N) is 1. The zero-order chi connectivity index (χ0) is 13.3. The monoisotopic (exact) mass is 260 g/mol. The van der Waals surface area contributed by atoms with E-state index < -0.39 is 0 Å². The number of nitrogens with zero attached hydrogens (tertiary/aromatic N) is 1. The molecule has 3 nitrogen and oxygen atoms in total. The third kappa shape index (κ3) is 2.71. The van der Waals surface area contributed by atoms with E-state index in [1.54, 1.807) is 0 Å². The van der Waals surface area contributed by atoms with Gasteiger partial charge in [-0.25, -0.2) is 0 Å². The fourth-order valence-corrected chi connectivity index (χ4v) is 3.06. The van der Waals surface area contributed by atoms with Gasteiger partial charge in [-0.3, -0.25) is 0 Å². The summed E-state index contributed by atoms with van der Waals surface area (Å²) in [5.74, 6) is 1.01. The maximum atomic E-state index is 6.29. The molecule has 0 unspecified atom stereocenters. The van der Waals surface area contributed by atoms with Crippen LogP contribution in [0.15, 0.2) is 18.2 Å². The highest BCUT2D eigenvalue weighted by molar-refractivity contribution is 5.58. The minimum absolute atomic E-state index is 0.00148. The molecule has 0 amide bonds. The average molecular weight is 260 g/mol. The van der Waals surface area contributed by atoms with Gasteiger partial charge in [0.1, 0.15) is 11.4 Å². The minimum Gasteiger partial charge on any atom is -0.487 e. The van der Waals surface area contributed by atoms with E-state index in [1.165, 1.54) is 11.3 Å². The topological polar surface area (TPSA) is 24.5 Å². The molecule has 3 rings (SSSR count). The molecule has 19 heavy (non-hydrogen) atoms. The molecular formula is C16H24N2O. The SMILES string of the molecule is CCN1CCC(C)(Oc2ccc3c(c2)NCC3)CC1. The molecule has 0 bridgehead atoms. The zero-order valence-electron chi connectivity index (χ0n) is 12.0. The Morgan fingerprint density at radius 1 is 1.32 bits per heavy atom. The van der Waals surface area contributed by atoms with Crippen molar-refractivity contribution in [3.05, 3.63) is 23.8 Å². The summed E-state index contributed by atoms with van der Waals surface area (Å²) in [6, 6.07) is 6.50. The van der Waals surface area contributed by atoms with E-state index in [0.717, 1.165) is 51.2 Å². The molecule has 0 saturated carbocycles. The number of likely N-dealkylation sites (tertiary alicyclic amines) is 1. The summed E-state index contributed by atoms with van der Waals surface area (Å²) in [7, 11) is 0. The van der Waals surface area contributed by atoms with Crippen LogP contribution in [0.3, 0.4) is 0 Å². The van der Waals surface area contributed by atoms with E-state index in [0.29, 0.717) is 0 Å². The molecule has 104 valence electrons. The Bertz CT molecular complexity index is 450. The van der Waals surface area contributed by atoms with Crippen molar-refractivity contribution >= 4 is 5.69 Å². The van der Waals surface area contributed by atoms with Crippen molar-refractivity contribution in [2.75, 3.05) is 31.5 Å². The van der Waals surface area contributed by atoms with Crippen LogP contribution in [0.4, 0.5) is 5.69 Å². The molecular weight excluding hydrogens is 236 g/mol. The summed E-state index contributed by atoms with van der Waals surface area (Å²) < 4.78 is 6.29. The van der Waals surface area contributed by atoms with Crippen LogP contribution in [-0.4, -0.2) is 36.7 Å². The molecule has 3 heteroatoms. The van der Waals surface area contributed by atoms with Crippen LogP contribution in [0.1, 0.15) is 32.3 Å². The normalized spacial score (nSPS) is 21.8. The lowest BCUT2D eigenvalue weighted by Gasteiger charge is -2.39. The lowest BCUT2D eigenvalue weighted by molar-refractivity contribution is 0.0184. The molecule has 0 radical (unpaired) electrons. The van der Waals surface area contributed by atoms with Gasteiger partial charge in [0.05, 0.1) is 0 Å². The second kappa shape index (κ2) is 5.04. The standard InChI is InChI=1S/C16H24N2O/c1-3-18-10-7-16(2,8-11-18)19-14-5-4-13-6-9-17-15(13)12-14/h4-5,12,17H,3,6-11H2,1-2H3. The Balaban J connectivity index is 1.68. The maximum absolute atomic E-state index is 6.29. The molecule has 0 spiro atoms. The summed E-state index contributed by atoms with van der Waals surface area (Å²) in [6.07, 6.45) is 3.37. The van der Waals surface area contributed by atoms with Gasteiger partial charge in [-0.2, -0.15) is 0 Å². The first-order valence-electron chi connectivity index (χ1n) is 7.47. The summed E-state index contributed by atoms with van der Waals surface area (Å²) >= 11 is 0. The Morgan fingerprint density at radius 2 is 2.11 bits per heavy atom. The van der Waals surface area contributed by atoms with Crippen molar-refractivity contribution in [1.82, 2.24) is 4.90 Å². The van der Waals surface area contributed by atoms with Crippen LogP contribution >= 0.6 is 0 Å². The predicted molar refractivity (Wildman–Crippen MR) is 79.0 cm³/mol. The van der Waals surface area contributed by atoms with Gasteiger partial charge in [0.25, 0.3) is 0 Å². The van der Waals surface area contributed by atoms with Crippen LogP contribution < -0.4 is 10.1 Å². The molecule has 2 aliphatic rings. The van der Waals surface area contributed by atoms with Crippen LogP contribution in [0.5, 0.6) is 5.75 Å². The zero-order valence-corrected chi connectivity index (χ0v) is 12.0. The van der Waals surface area contributed by atoms with Gasteiger partial charge in [0.2, 0.25) is 0 Å². The largest absolute Gasteiger partial charge is 0.487 e. The highest BCUT2D eigenvalue weighted by Gasteiger charge is 2.31. The first-order valence-corrected chi connectivity index (χ1v) is 7.47. The molecule has 0 aliphatic carbocycles. The fraction of sp³-hybridized carbons (Fsp3) is 0.625. The lowest BCUT2D eigenvalue weighted by Crippen LogP contribution is -2.45. The van der Waals surface area contributed by atoms with Gasteiger partial charge in [-0.15, -0.1) is 0 Å². The molecule has 1 aromatic rings. The van der Waals surface area contributed by atoms with Crippen LogP contribution in [0.25, 0.3) is 0 Å². The number of ether oxygens (including phenoxy) is 1. The first kappa shape index (κ1) is 12.8. The third-order valence-electron chi connectivity index (χ3n) is 4.52. The third-order valence-corrected chi connectivity index (χ3v) is 4.52. The van der Waals surface area contributed by atoms with E-state index in [4.69, 9.17) is 4.74 Å². The van der Waals surface area contributed by atoms with Crippen molar-refractivity contribution in [2.45, 2.75) is 38.7 Å². The van der Waals surface area contributed by atoms with E-state index in [9.17, 15) is 0 Å². The molecule has 1 N–H and O–H groups in total. The molecule has 1 fully saturated rings. The molecule has 0 aromatic heterocycles. The highest BCUT2D eigenvalue weighted by Crippen LogP contribution is 2.32. The van der Waals surface area contributed by atoms with Crippen molar-refractivity contribution in [1.29, 1.82) is 0 Å². The minimum atomic E-state index is -0.00148. The van der Waals surface area contributed by atoms with Crippen molar-refractivity contribution in [2.24, 2.45) is 0 Å². The Labute approximate surface area is 115 Å². The van der Waals surface area contributed by atoms with Gasteiger partial charge in [-0.1, -0.05) is 13.0 Å². The number of anilines is 1. The summed E-state index contributed by atoms with van der Waals surface area (Å²) in [5.41, 5.74) is 2.67. The van der Waals surface area contributed by atoms with Gasteiger partial charge in [0.15, 0.2) is 0 Å². The first-order chi connectivity index (χ1) is 9.18. The second-order valence-electron chi connectivity index (χ2n) is 5.98.